The zero-order valence-corrected chi connectivity index (χ0v) is 8.83. The SMILES string of the molecule is CCN(CCN)c1cc(O)ccc1C. The molecule has 0 atom stereocenters. The highest BCUT2D eigenvalue weighted by atomic mass is 16.3. The van der Waals surface area contributed by atoms with Crippen LogP contribution in [0.4, 0.5) is 5.69 Å². The summed E-state index contributed by atoms with van der Waals surface area (Å²) in [6, 6.07) is 5.41. The standard InChI is InChI=1S/C11H18N2O/c1-3-13(7-6-12)11-8-10(14)5-4-9(11)2/h4-5,8,14H,3,6-7,12H2,1-2H3. The van der Waals surface area contributed by atoms with Crippen LogP contribution in [0.2, 0.25) is 0 Å². The molecule has 1 aromatic carbocycles. The van der Waals surface area contributed by atoms with Crippen LogP contribution in [0.3, 0.4) is 0 Å². The van der Waals surface area contributed by atoms with Crippen LogP contribution in [0.25, 0.3) is 0 Å². The fraction of sp³-hybridized carbons (Fsp3) is 0.455. The Balaban J connectivity index is 2.96. The van der Waals surface area contributed by atoms with Crippen molar-refractivity contribution in [3.05, 3.63) is 23.8 Å². The van der Waals surface area contributed by atoms with Gasteiger partial charge in [-0.2, -0.15) is 0 Å². The normalized spacial score (nSPS) is 10.2. The molecule has 0 heterocycles. The van der Waals surface area contributed by atoms with E-state index in [2.05, 4.69) is 11.8 Å². The van der Waals surface area contributed by atoms with Crippen LogP contribution in [0.15, 0.2) is 18.2 Å². The van der Waals surface area contributed by atoms with Crippen molar-refractivity contribution in [2.24, 2.45) is 5.73 Å². The molecule has 0 amide bonds. The molecule has 0 spiro atoms. The summed E-state index contributed by atoms with van der Waals surface area (Å²) in [6.45, 7) is 6.47. The van der Waals surface area contributed by atoms with E-state index in [9.17, 15) is 5.11 Å². The maximum atomic E-state index is 9.39. The van der Waals surface area contributed by atoms with Crippen LogP contribution in [0, 0.1) is 6.92 Å². The van der Waals surface area contributed by atoms with Gasteiger partial charge in [-0.15, -0.1) is 0 Å². The fourth-order valence-corrected chi connectivity index (χ4v) is 1.54. The second kappa shape index (κ2) is 4.86. The summed E-state index contributed by atoms with van der Waals surface area (Å²) >= 11 is 0. The third-order valence-corrected chi connectivity index (χ3v) is 2.31. The number of hydrogen-bond donors (Lipinski definition) is 2. The summed E-state index contributed by atoms with van der Waals surface area (Å²) in [5.41, 5.74) is 7.76. The summed E-state index contributed by atoms with van der Waals surface area (Å²) in [6.07, 6.45) is 0. The zero-order valence-electron chi connectivity index (χ0n) is 8.83. The summed E-state index contributed by atoms with van der Waals surface area (Å²) in [4.78, 5) is 2.16. The zero-order chi connectivity index (χ0) is 10.6. The van der Waals surface area contributed by atoms with Crippen molar-refractivity contribution in [1.29, 1.82) is 0 Å². The number of hydrogen-bond acceptors (Lipinski definition) is 3. The van der Waals surface area contributed by atoms with Gasteiger partial charge < -0.3 is 15.7 Å². The topological polar surface area (TPSA) is 49.5 Å². The van der Waals surface area contributed by atoms with Gasteiger partial charge in [0.1, 0.15) is 5.75 Å². The Kier molecular flexibility index (Phi) is 3.77. The Hall–Kier alpha value is -1.22. The van der Waals surface area contributed by atoms with Crippen molar-refractivity contribution in [2.75, 3.05) is 24.5 Å². The molecule has 0 aliphatic rings. The fourth-order valence-electron chi connectivity index (χ4n) is 1.54. The molecule has 0 fully saturated rings. The number of likely N-dealkylation sites (N-methyl/N-ethyl adjacent to an activating group) is 1. The maximum Gasteiger partial charge on any atom is 0.117 e. The Labute approximate surface area is 85.2 Å². The van der Waals surface area contributed by atoms with Crippen LogP contribution in [-0.4, -0.2) is 24.7 Å². The van der Waals surface area contributed by atoms with E-state index in [-0.39, 0.29) is 0 Å². The summed E-state index contributed by atoms with van der Waals surface area (Å²) in [5.74, 6) is 0.307. The predicted molar refractivity (Wildman–Crippen MR) is 59.8 cm³/mol. The first-order valence-electron chi connectivity index (χ1n) is 4.93. The monoisotopic (exact) mass is 194 g/mol. The van der Waals surface area contributed by atoms with Crippen LogP contribution in [0.1, 0.15) is 12.5 Å². The van der Waals surface area contributed by atoms with Crippen LogP contribution in [0.5, 0.6) is 5.75 Å². The average molecular weight is 194 g/mol. The van der Waals surface area contributed by atoms with Crippen molar-refractivity contribution >= 4 is 5.69 Å². The van der Waals surface area contributed by atoms with Gasteiger partial charge in [0.05, 0.1) is 0 Å². The van der Waals surface area contributed by atoms with Crippen LogP contribution >= 0.6 is 0 Å². The van der Waals surface area contributed by atoms with E-state index >= 15 is 0 Å². The number of phenols is 1. The van der Waals surface area contributed by atoms with E-state index < -0.39 is 0 Å². The van der Waals surface area contributed by atoms with Crippen LogP contribution < -0.4 is 10.6 Å². The molecule has 0 saturated carbocycles. The van der Waals surface area contributed by atoms with E-state index in [1.807, 2.05) is 13.0 Å². The average Bonchev–Trinajstić information content (AvgIpc) is 2.18. The lowest BCUT2D eigenvalue weighted by Crippen LogP contribution is -2.29. The molecule has 1 rings (SSSR count). The minimum absolute atomic E-state index is 0.307. The quantitative estimate of drug-likeness (QED) is 0.763. The number of benzene rings is 1. The van der Waals surface area contributed by atoms with Crippen molar-refractivity contribution in [3.8, 4) is 5.75 Å². The maximum absolute atomic E-state index is 9.39. The molecule has 1 aromatic rings. The number of phenolic OH excluding ortho intramolecular Hbond substituents is 1. The first kappa shape index (κ1) is 10.9. The van der Waals surface area contributed by atoms with Crippen LogP contribution in [-0.2, 0) is 0 Å². The van der Waals surface area contributed by atoms with Gasteiger partial charge in [-0.3, -0.25) is 0 Å². The van der Waals surface area contributed by atoms with Gasteiger partial charge in [-0.05, 0) is 25.5 Å². The molecule has 0 unspecified atom stereocenters. The van der Waals surface area contributed by atoms with Crippen molar-refractivity contribution < 1.29 is 5.11 Å². The van der Waals surface area contributed by atoms with Gasteiger partial charge in [0, 0.05) is 31.4 Å². The predicted octanol–water partition coefficient (Wildman–Crippen LogP) is 1.49. The molecule has 14 heavy (non-hydrogen) atoms. The largest absolute Gasteiger partial charge is 0.508 e. The van der Waals surface area contributed by atoms with E-state index in [1.165, 1.54) is 0 Å². The van der Waals surface area contributed by atoms with Gasteiger partial charge in [0.25, 0.3) is 0 Å². The number of aromatic hydroxyl groups is 1. The van der Waals surface area contributed by atoms with Gasteiger partial charge in [-0.1, -0.05) is 6.07 Å². The Morgan fingerprint density at radius 2 is 2.14 bits per heavy atom. The highest BCUT2D eigenvalue weighted by Crippen LogP contribution is 2.24. The van der Waals surface area contributed by atoms with E-state index in [4.69, 9.17) is 5.73 Å². The van der Waals surface area contributed by atoms with Gasteiger partial charge in [0.2, 0.25) is 0 Å². The van der Waals surface area contributed by atoms with E-state index in [0.717, 1.165) is 24.3 Å². The number of anilines is 1. The summed E-state index contributed by atoms with van der Waals surface area (Å²) < 4.78 is 0. The number of aryl methyl sites for hydroxylation is 1. The summed E-state index contributed by atoms with van der Waals surface area (Å²) in [5, 5.41) is 9.39. The van der Waals surface area contributed by atoms with Crippen molar-refractivity contribution in [1.82, 2.24) is 0 Å². The lowest BCUT2D eigenvalue weighted by atomic mass is 10.1. The second-order valence-electron chi connectivity index (χ2n) is 3.34. The summed E-state index contributed by atoms with van der Waals surface area (Å²) in [7, 11) is 0. The highest BCUT2D eigenvalue weighted by Gasteiger charge is 2.06. The molecule has 0 bridgehead atoms. The Bertz CT molecular complexity index is 299. The third-order valence-electron chi connectivity index (χ3n) is 2.31. The molecule has 0 radical (unpaired) electrons. The third kappa shape index (κ3) is 2.39. The first-order chi connectivity index (χ1) is 6.69. The molecule has 3 heteroatoms. The van der Waals surface area contributed by atoms with Gasteiger partial charge >= 0.3 is 0 Å². The minimum Gasteiger partial charge on any atom is -0.508 e. The number of nitrogens with zero attached hydrogens (tertiary/aromatic N) is 1. The molecule has 3 nitrogen and oxygen atoms in total. The molecule has 3 N–H and O–H groups in total. The lowest BCUT2D eigenvalue weighted by Gasteiger charge is -2.24. The molecule has 78 valence electrons. The molecular formula is C11H18N2O. The molecular weight excluding hydrogens is 176 g/mol. The first-order valence-corrected chi connectivity index (χ1v) is 4.93. The molecule has 0 saturated heterocycles. The minimum atomic E-state index is 0.307. The molecule has 0 aromatic heterocycles. The Morgan fingerprint density at radius 1 is 1.43 bits per heavy atom. The van der Waals surface area contributed by atoms with Gasteiger partial charge in [0.15, 0.2) is 0 Å². The number of rotatable bonds is 4. The number of nitrogens with two attached hydrogens (primary N) is 1. The van der Waals surface area contributed by atoms with E-state index in [0.29, 0.717) is 12.3 Å². The van der Waals surface area contributed by atoms with Gasteiger partial charge in [-0.25, -0.2) is 0 Å². The Morgan fingerprint density at radius 3 is 2.71 bits per heavy atom. The molecule has 0 aliphatic carbocycles. The van der Waals surface area contributed by atoms with E-state index in [1.54, 1.807) is 12.1 Å². The molecule has 0 aliphatic heterocycles. The lowest BCUT2D eigenvalue weighted by molar-refractivity contribution is 0.475. The van der Waals surface area contributed by atoms with Crippen molar-refractivity contribution in [3.63, 3.8) is 0 Å². The smallest absolute Gasteiger partial charge is 0.117 e. The highest BCUT2D eigenvalue weighted by molar-refractivity contribution is 5.56. The van der Waals surface area contributed by atoms with Crippen molar-refractivity contribution in [2.45, 2.75) is 13.8 Å². The second-order valence-corrected chi connectivity index (χ2v) is 3.34.